The predicted octanol–water partition coefficient (Wildman–Crippen LogP) is 5.44. The van der Waals surface area contributed by atoms with Gasteiger partial charge < -0.3 is 0 Å². The number of alkyl halides is 1. The highest BCUT2D eigenvalue weighted by Gasteiger charge is 2.20. The zero-order valence-electron chi connectivity index (χ0n) is 11.4. The van der Waals surface area contributed by atoms with Crippen LogP contribution in [0.25, 0.3) is 16.9 Å². The van der Waals surface area contributed by atoms with E-state index in [1.807, 2.05) is 42.7 Å². The number of hydrogen-bond donors (Lipinski definition) is 0. The van der Waals surface area contributed by atoms with E-state index in [-0.39, 0.29) is 5.38 Å². The number of benzene rings is 1. The van der Waals surface area contributed by atoms with Crippen molar-refractivity contribution < 1.29 is 0 Å². The molecule has 1 unspecified atom stereocenters. The lowest BCUT2D eigenvalue weighted by atomic mass is 10.2. The number of halogens is 3. The molecule has 0 aliphatic heterocycles. The highest BCUT2D eigenvalue weighted by atomic mass is 79.9. The van der Waals surface area contributed by atoms with Gasteiger partial charge in [-0.15, -0.1) is 11.6 Å². The lowest BCUT2D eigenvalue weighted by Gasteiger charge is -2.14. The van der Waals surface area contributed by atoms with Gasteiger partial charge in [0.25, 0.3) is 0 Å². The summed E-state index contributed by atoms with van der Waals surface area (Å²) < 4.78 is 2.82. The van der Waals surface area contributed by atoms with Crippen LogP contribution in [0.4, 0.5) is 0 Å². The molecule has 0 radical (unpaired) electrons. The quantitative estimate of drug-likeness (QED) is 0.550. The number of rotatable bonds is 2. The van der Waals surface area contributed by atoms with Crippen molar-refractivity contribution in [3.63, 3.8) is 0 Å². The number of pyridine rings is 1. The van der Waals surface area contributed by atoms with Crippen molar-refractivity contribution in [3.05, 3.63) is 51.3 Å². The van der Waals surface area contributed by atoms with E-state index in [9.17, 15) is 0 Å². The molecule has 0 spiro atoms. The standard InChI is InChI=1S/C15H12BrCl2N3/c1-8-4-3-5-11(18)13(8)21-14(9(2)17)20-12-6-10(16)7-19-15(12)21/h3-7,9H,1-2H3. The van der Waals surface area contributed by atoms with Crippen LogP contribution in [0.15, 0.2) is 34.9 Å². The first-order chi connectivity index (χ1) is 9.99. The average molecular weight is 385 g/mol. The average Bonchev–Trinajstić information content (AvgIpc) is 2.77. The molecule has 3 rings (SSSR count). The number of hydrogen-bond acceptors (Lipinski definition) is 2. The van der Waals surface area contributed by atoms with Gasteiger partial charge in [0.15, 0.2) is 5.65 Å². The summed E-state index contributed by atoms with van der Waals surface area (Å²) in [5.74, 6) is 0.730. The van der Waals surface area contributed by atoms with E-state index in [0.717, 1.165) is 32.7 Å². The van der Waals surface area contributed by atoms with E-state index >= 15 is 0 Å². The fourth-order valence-corrected chi connectivity index (χ4v) is 3.12. The van der Waals surface area contributed by atoms with E-state index in [4.69, 9.17) is 23.2 Å². The first kappa shape index (κ1) is 14.8. The number of aryl methyl sites for hydroxylation is 1. The van der Waals surface area contributed by atoms with Gasteiger partial charge in [0.05, 0.1) is 16.1 Å². The van der Waals surface area contributed by atoms with E-state index in [1.54, 1.807) is 6.20 Å². The normalized spacial score (nSPS) is 12.8. The minimum absolute atomic E-state index is 0.256. The Balaban J connectivity index is 2.42. The molecular formula is C15H12BrCl2N3. The summed E-state index contributed by atoms with van der Waals surface area (Å²) in [4.78, 5) is 9.09. The monoisotopic (exact) mass is 383 g/mol. The van der Waals surface area contributed by atoms with Crippen molar-refractivity contribution >= 4 is 50.3 Å². The number of aromatic nitrogens is 3. The smallest absolute Gasteiger partial charge is 0.164 e. The maximum atomic E-state index is 6.40. The Hall–Kier alpha value is -1.10. The van der Waals surface area contributed by atoms with Crippen molar-refractivity contribution in [1.82, 2.24) is 14.5 Å². The van der Waals surface area contributed by atoms with Crippen LogP contribution in [-0.4, -0.2) is 14.5 Å². The van der Waals surface area contributed by atoms with Gasteiger partial charge in [-0.25, -0.2) is 9.97 Å². The van der Waals surface area contributed by atoms with Crippen LogP contribution in [0.3, 0.4) is 0 Å². The molecule has 0 saturated carbocycles. The fraction of sp³-hybridized carbons (Fsp3) is 0.200. The molecule has 3 aromatic rings. The minimum atomic E-state index is -0.256. The molecule has 0 amide bonds. The summed E-state index contributed by atoms with van der Waals surface area (Å²) >= 11 is 16.1. The van der Waals surface area contributed by atoms with Crippen LogP contribution >= 0.6 is 39.1 Å². The molecule has 1 aromatic carbocycles. The Morgan fingerprint density at radius 1 is 1.33 bits per heavy atom. The van der Waals surface area contributed by atoms with Gasteiger partial charge in [-0.05, 0) is 47.5 Å². The lowest BCUT2D eigenvalue weighted by molar-refractivity contribution is 0.873. The molecule has 3 nitrogen and oxygen atoms in total. The maximum Gasteiger partial charge on any atom is 0.164 e. The van der Waals surface area contributed by atoms with Crippen molar-refractivity contribution in [1.29, 1.82) is 0 Å². The highest BCUT2D eigenvalue weighted by Crippen LogP contribution is 2.33. The van der Waals surface area contributed by atoms with Gasteiger partial charge in [0.1, 0.15) is 11.3 Å². The van der Waals surface area contributed by atoms with Crippen LogP contribution in [0.2, 0.25) is 5.02 Å². The van der Waals surface area contributed by atoms with Gasteiger partial charge in [-0.3, -0.25) is 4.57 Å². The Bertz CT molecular complexity index is 807. The number of imidazole rings is 1. The molecular weight excluding hydrogens is 373 g/mol. The second kappa shape index (κ2) is 5.59. The van der Waals surface area contributed by atoms with Gasteiger partial charge in [0, 0.05) is 10.7 Å². The van der Waals surface area contributed by atoms with Crippen LogP contribution in [0.1, 0.15) is 23.7 Å². The van der Waals surface area contributed by atoms with E-state index in [0.29, 0.717) is 5.02 Å². The zero-order valence-corrected chi connectivity index (χ0v) is 14.5. The van der Waals surface area contributed by atoms with Crippen LogP contribution < -0.4 is 0 Å². The van der Waals surface area contributed by atoms with Crippen molar-refractivity contribution in [2.45, 2.75) is 19.2 Å². The summed E-state index contributed by atoms with van der Waals surface area (Å²) in [6.07, 6.45) is 1.75. The van der Waals surface area contributed by atoms with Gasteiger partial charge >= 0.3 is 0 Å². The molecule has 0 aliphatic rings. The zero-order chi connectivity index (χ0) is 15.1. The molecule has 2 heterocycles. The predicted molar refractivity (Wildman–Crippen MR) is 90.6 cm³/mol. The minimum Gasteiger partial charge on any atom is -0.278 e. The summed E-state index contributed by atoms with van der Waals surface area (Å²) in [7, 11) is 0. The number of para-hydroxylation sites is 1. The van der Waals surface area contributed by atoms with Gasteiger partial charge in [-0.2, -0.15) is 0 Å². The Morgan fingerprint density at radius 2 is 2.10 bits per heavy atom. The van der Waals surface area contributed by atoms with Crippen molar-refractivity contribution in [3.8, 4) is 5.69 Å². The summed E-state index contributed by atoms with van der Waals surface area (Å²) in [5, 5.41) is 0.395. The number of nitrogens with zero attached hydrogens (tertiary/aromatic N) is 3. The molecule has 1 atom stereocenters. The molecule has 0 aliphatic carbocycles. The Kier molecular flexibility index (Phi) is 3.95. The van der Waals surface area contributed by atoms with E-state index in [2.05, 4.69) is 25.9 Å². The van der Waals surface area contributed by atoms with Crippen molar-refractivity contribution in [2.24, 2.45) is 0 Å². The molecule has 0 bridgehead atoms. The molecule has 0 saturated heterocycles. The third-order valence-corrected chi connectivity index (χ3v) is 4.19. The topological polar surface area (TPSA) is 30.7 Å². The summed E-state index contributed by atoms with van der Waals surface area (Å²) in [6, 6.07) is 7.72. The van der Waals surface area contributed by atoms with Crippen LogP contribution in [0, 0.1) is 6.92 Å². The summed E-state index contributed by atoms with van der Waals surface area (Å²) in [6.45, 7) is 3.90. The third-order valence-electron chi connectivity index (χ3n) is 3.26. The summed E-state index contributed by atoms with van der Waals surface area (Å²) in [5.41, 5.74) is 3.45. The molecule has 2 aromatic heterocycles. The molecule has 6 heteroatoms. The van der Waals surface area contributed by atoms with Gasteiger partial charge in [0.2, 0.25) is 0 Å². The highest BCUT2D eigenvalue weighted by molar-refractivity contribution is 9.10. The molecule has 0 N–H and O–H groups in total. The Morgan fingerprint density at radius 3 is 2.76 bits per heavy atom. The fourth-order valence-electron chi connectivity index (χ4n) is 2.35. The maximum absolute atomic E-state index is 6.40. The van der Waals surface area contributed by atoms with E-state index in [1.165, 1.54) is 0 Å². The Labute approximate surface area is 141 Å². The molecule has 21 heavy (non-hydrogen) atoms. The number of fused-ring (bicyclic) bond motifs is 1. The second-order valence-corrected chi connectivity index (χ2v) is 6.80. The second-order valence-electron chi connectivity index (χ2n) is 4.82. The third kappa shape index (κ3) is 2.56. The van der Waals surface area contributed by atoms with Crippen LogP contribution in [0.5, 0.6) is 0 Å². The van der Waals surface area contributed by atoms with Crippen molar-refractivity contribution in [2.75, 3.05) is 0 Å². The van der Waals surface area contributed by atoms with E-state index < -0.39 is 0 Å². The first-order valence-electron chi connectivity index (χ1n) is 6.42. The SMILES string of the molecule is Cc1cccc(Cl)c1-n1c(C(C)Cl)nc2cc(Br)cnc21. The van der Waals surface area contributed by atoms with Gasteiger partial charge in [-0.1, -0.05) is 23.7 Å². The van der Waals surface area contributed by atoms with Crippen LogP contribution in [-0.2, 0) is 0 Å². The molecule has 108 valence electrons. The molecule has 0 fully saturated rings. The lowest BCUT2D eigenvalue weighted by Crippen LogP contribution is -2.05. The largest absolute Gasteiger partial charge is 0.278 e. The first-order valence-corrected chi connectivity index (χ1v) is 8.03.